The Labute approximate surface area is 78.8 Å². The number of aromatic hydroxyl groups is 1. The first-order chi connectivity index (χ1) is 6.19. The Kier molecular flexibility index (Phi) is 3.01. The molecule has 1 rings (SSSR count). The maximum absolute atomic E-state index is 9.60. The van der Waals surface area contributed by atoms with Crippen LogP contribution >= 0.6 is 0 Å². The molecule has 0 radical (unpaired) electrons. The average Bonchev–Trinajstić information content (AvgIpc) is 2.10. The van der Waals surface area contributed by atoms with Gasteiger partial charge in [-0.2, -0.15) is 0 Å². The average molecular weight is 180 g/mol. The fourth-order valence-electron chi connectivity index (χ4n) is 1.37. The van der Waals surface area contributed by atoms with Gasteiger partial charge in [0.05, 0.1) is 5.69 Å². The smallest absolute Gasteiger partial charge is 0.140 e. The van der Waals surface area contributed by atoms with Crippen LogP contribution in [0.5, 0.6) is 5.75 Å². The van der Waals surface area contributed by atoms with Gasteiger partial charge in [0.1, 0.15) is 5.75 Å². The number of phenolic OH excluding ortho intramolecular Hbond substituents is 1. The minimum absolute atomic E-state index is 0.253. The van der Waals surface area contributed by atoms with E-state index in [4.69, 9.17) is 5.73 Å². The van der Waals surface area contributed by atoms with Gasteiger partial charge in [0.15, 0.2) is 0 Å². The third-order valence-electron chi connectivity index (χ3n) is 2.10. The van der Waals surface area contributed by atoms with Crippen molar-refractivity contribution in [1.29, 1.82) is 0 Å². The summed E-state index contributed by atoms with van der Waals surface area (Å²) in [5.74, 6) is 0.253. The van der Waals surface area contributed by atoms with Gasteiger partial charge in [0.25, 0.3) is 0 Å². The molecule has 0 saturated heterocycles. The Hall–Kier alpha value is -1.38. The molecule has 0 unspecified atom stereocenters. The summed E-state index contributed by atoms with van der Waals surface area (Å²) in [4.78, 5) is 2.08. The van der Waals surface area contributed by atoms with E-state index in [1.807, 2.05) is 6.07 Å². The molecule has 3 N–H and O–H groups in total. The zero-order valence-corrected chi connectivity index (χ0v) is 8.12. The lowest BCUT2D eigenvalue weighted by molar-refractivity contribution is 0.474. The maximum atomic E-state index is 9.60. The van der Waals surface area contributed by atoms with Gasteiger partial charge in [-0.3, -0.25) is 0 Å². The second-order valence-corrected chi connectivity index (χ2v) is 2.92. The van der Waals surface area contributed by atoms with Crippen LogP contribution in [0, 0.1) is 0 Å². The highest BCUT2D eigenvalue weighted by Gasteiger charge is 2.06. The molecule has 0 aliphatic heterocycles. The molecule has 3 heteroatoms. The predicted molar refractivity (Wildman–Crippen MR) is 56.1 cm³/mol. The van der Waals surface area contributed by atoms with E-state index in [0.717, 1.165) is 18.8 Å². The number of hydrogen-bond acceptors (Lipinski definition) is 3. The largest absolute Gasteiger partial charge is 0.506 e. The number of benzene rings is 1. The minimum Gasteiger partial charge on any atom is -0.506 e. The Bertz CT molecular complexity index is 282. The molecule has 1 aromatic carbocycles. The Morgan fingerprint density at radius 3 is 2.38 bits per heavy atom. The van der Waals surface area contributed by atoms with Crippen molar-refractivity contribution < 1.29 is 5.11 Å². The molecule has 0 atom stereocenters. The molecule has 13 heavy (non-hydrogen) atoms. The third kappa shape index (κ3) is 2.05. The van der Waals surface area contributed by atoms with Gasteiger partial charge < -0.3 is 15.7 Å². The number of anilines is 2. The van der Waals surface area contributed by atoms with Gasteiger partial charge in [-0.25, -0.2) is 0 Å². The summed E-state index contributed by atoms with van der Waals surface area (Å²) in [6.45, 7) is 5.88. The Balaban J connectivity index is 2.99. The zero-order chi connectivity index (χ0) is 9.84. The molecule has 0 spiro atoms. The van der Waals surface area contributed by atoms with Gasteiger partial charge >= 0.3 is 0 Å². The van der Waals surface area contributed by atoms with Crippen LogP contribution in [0.25, 0.3) is 0 Å². The Morgan fingerprint density at radius 1 is 1.31 bits per heavy atom. The molecule has 0 aliphatic carbocycles. The summed E-state index contributed by atoms with van der Waals surface area (Å²) in [7, 11) is 0. The van der Waals surface area contributed by atoms with E-state index in [1.54, 1.807) is 12.1 Å². The molecule has 0 heterocycles. The summed E-state index contributed by atoms with van der Waals surface area (Å²) < 4.78 is 0. The summed E-state index contributed by atoms with van der Waals surface area (Å²) in [5.41, 5.74) is 6.97. The van der Waals surface area contributed by atoms with Crippen LogP contribution in [-0.4, -0.2) is 18.2 Å². The number of nitrogens with zero attached hydrogens (tertiary/aromatic N) is 1. The van der Waals surface area contributed by atoms with Gasteiger partial charge in [-0.15, -0.1) is 0 Å². The summed E-state index contributed by atoms with van der Waals surface area (Å²) in [6.07, 6.45) is 0. The summed E-state index contributed by atoms with van der Waals surface area (Å²) in [5, 5.41) is 9.60. The van der Waals surface area contributed by atoms with E-state index in [2.05, 4.69) is 18.7 Å². The molecule has 0 saturated carbocycles. The topological polar surface area (TPSA) is 49.5 Å². The first kappa shape index (κ1) is 9.71. The number of rotatable bonds is 3. The van der Waals surface area contributed by atoms with Crippen molar-refractivity contribution in [2.75, 3.05) is 23.7 Å². The lowest BCUT2D eigenvalue weighted by Crippen LogP contribution is -2.21. The van der Waals surface area contributed by atoms with Crippen molar-refractivity contribution in [3.63, 3.8) is 0 Å². The molecule has 0 aromatic heterocycles. The van der Waals surface area contributed by atoms with Crippen molar-refractivity contribution in [3.8, 4) is 5.75 Å². The first-order valence-electron chi connectivity index (χ1n) is 4.52. The van der Waals surface area contributed by atoms with Crippen LogP contribution in [0.15, 0.2) is 18.2 Å². The summed E-state index contributed by atoms with van der Waals surface area (Å²) >= 11 is 0. The molecule has 72 valence electrons. The van der Waals surface area contributed by atoms with Crippen molar-refractivity contribution in [2.45, 2.75) is 13.8 Å². The van der Waals surface area contributed by atoms with Gasteiger partial charge in [-0.1, -0.05) is 0 Å². The van der Waals surface area contributed by atoms with Crippen LogP contribution in [0.2, 0.25) is 0 Å². The molecular weight excluding hydrogens is 164 g/mol. The minimum atomic E-state index is 0.253. The van der Waals surface area contributed by atoms with E-state index in [0.29, 0.717) is 5.69 Å². The first-order valence-corrected chi connectivity index (χ1v) is 4.52. The number of nitrogen functional groups attached to an aromatic ring is 1. The predicted octanol–water partition coefficient (Wildman–Crippen LogP) is 1.82. The second-order valence-electron chi connectivity index (χ2n) is 2.92. The van der Waals surface area contributed by atoms with Crippen LogP contribution in [0.4, 0.5) is 11.4 Å². The molecule has 0 fully saturated rings. The molecule has 3 nitrogen and oxygen atoms in total. The van der Waals surface area contributed by atoms with Crippen LogP contribution in [0.3, 0.4) is 0 Å². The fourth-order valence-corrected chi connectivity index (χ4v) is 1.37. The van der Waals surface area contributed by atoms with Gasteiger partial charge in [0.2, 0.25) is 0 Å². The molecular formula is C10H16N2O. The highest BCUT2D eigenvalue weighted by atomic mass is 16.3. The van der Waals surface area contributed by atoms with Crippen molar-refractivity contribution in [3.05, 3.63) is 18.2 Å². The van der Waals surface area contributed by atoms with Crippen LogP contribution < -0.4 is 10.6 Å². The van der Waals surface area contributed by atoms with Crippen molar-refractivity contribution in [1.82, 2.24) is 0 Å². The normalized spacial score (nSPS) is 10.0. The lowest BCUT2D eigenvalue weighted by Gasteiger charge is -2.21. The lowest BCUT2D eigenvalue weighted by atomic mass is 10.2. The molecule has 0 amide bonds. The number of phenols is 1. The molecule has 0 aliphatic rings. The SMILES string of the molecule is CCN(CC)c1ccc(N)cc1O. The monoisotopic (exact) mass is 180 g/mol. The Morgan fingerprint density at radius 2 is 1.92 bits per heavy atom. The van der Waals surface area contributed by atoms with E-state index in [1.165, 1.54) is 0 Å². The zero-order valence-electron chi connectivity index (χ0n) is 8.12. The highest BCUT2D eigenvalue weighted by Crippen LogP contribution is 2.28. The molecule has 1 aromatic rings. The van der Waals surface area contributed by atoms with Crippen LogP contribution in [-0.2, 0) is 0 Å². The molecule has 0 bridgehead atoms. The number of hydrogen-bond donors (Lipinski definition) is 2. The van der Waals surface area contributed by atoms with Gasteiger partial charge in [0, 0.05) is 24.8 Å². The highest BCUT2D eigenvalue weighted by molar-refractivity contribution is 5.63. The second kappa shape index (κ2) is 4.03. The van der Waals surface area contributed by atoms with E-state index >= 15 is 0 Å². The van der Waals surface area contributed by atoms with Crippen molar-refractivity contribution >= 4 is 11.4 Å². The van der Waals surface area contributed by atoms with E-state index < -0.39 is 0 Å². The van der Waals surface area contributed by atoms with E-state index in [9.17, 15) is 5.11 Å². The fraction of sp³-hybridized carbons (Fsp3) is 0.400. The van der Waals surface area contributed by atoms with E-state index in [-0.39, 0.29) is 5.75 Å². The quantitative estimate of drug-likeness (QED) is 0.697. The van der Waals surface area contributed by atoms with Crippen LogP contribution in [0.1, 0.15) is 13.8 Å². The number of nitrogens with two attached hydrogens (primary N) is 1. The van der Waals surface area contributed by atoms with Crippen molar-refractivity contribution in [2.24, 2.45) is 0 Å². The van der Waals surface area contributed by atoms with Gasteiger partial charge in [-0.05, 0) is 26.0 Å². The maximum Gasteiger partial charge on any atom is 0.140 e. The third-order valence-corrected chi connectivity index (χ3v) is 2.10. The summed E-state index contributed by atoms with van der Waals surface area (Å²) in [6, 6.07) is 5.22. The standard InChI is InChI=1S/C10H16N2O/c1-3-12(4-2)9-6-5-8(11)7-10(9)13/h5-7,13H,3-4,11H2,1-2H3.